The Morgan fingerprint density at radius 2 is 1.89 bits per heavy atom. The number of hydrogen-bond donors (Lipinski definition) is 1. The van der Waals surface area contributed by atoms with E-state index < -0.39 is 17.1 Å². The fourth-order valence-corrected chi connectivity index (χ4v) is 3.47. The number of thioether (sulfide) groups is 1. The lowest BCUT2D eigenvalue weighted by molar-refractivity contribution is -0.127. The Labute approximate surface area is 165 Å². The van der Waals surface area contributed by atoms with Crippen LogP contribution in [0.2, 0.25) is 5.02 Å². The van der Waals surface area contributed by atoms with E-state index in [0.717, 1.165) is 16.7 Å². The van der Waals surface area contributed by atoms with Gasteiger partial charge in [0.15, 0.2) is 0 Å². The Morgan fingerprint density at radius 1 is 1.19 bits per heavy atom. The van der Waals surface area contributed by atoms with E-state index in [1.807, 2.05) is 0 Å². The lowest BCUT2D eigenvalue weighted by atomic mass is 10.2. The van der Waals surface area contributed by atoms with E-state index in [-0.39, 0.29) is 11.4 Å². The highest BCUT2D eigenvalue weighted by Crippen LogP contribution is 2.33. The Morgan fingerprint density at radius 3 is 2.63 bits per heavy atom. The van der Waals surface area contributed by atoms with E-state index in [1.165, 1.54) is 7.11 Å². The van der Waals surface area contributed by atoms with Crippen LogP contribution in [-0.4, -0.2) is 35.6 Å². The van der Waals surface area contributed by atoms with Crippen LogP contribution in [0.25, 0.3) is 6.08 Å². The number of carbonyl (C=O) groups excluding carboxylic acids is 3. The largest absolute Gasteiger partial charge is 0.495 e. The summed E-state index contributed by atoms with van der Waals surface area (Å²) in [5.74, 6) is -0.542. The van der Waals surface area contributed by atoms with Gasteiger partial charge in [0.2, 0.25) is 5.91 Å². The summed E-state index contributed by atoms with van der Waals surface area (Å²) in [5.41, 5.74) is 1.09. The number of methoxy groups -OCH3 is 1. The van der Waals surface area contributed by atoms with Gasteiger partial charge in [-0.1, -0.05) is 41.9 Å². The van der Waals surface area contributed by atoms with Gasteiger partial charge in [-0.3, -0.25) is 19.3 Å². The van der Waals surface area contributed by atoms with Crippen molar-refractivity contribution >= 4 is 52.2 Å². The van der Waals surface area contributed by atoms with Gasteiger partial charge in [0.05, 0.1) is 17.7 Å². The summed E-state index contributed by atoms with van der Waals surface area (Å²) in [7, 11) is 1.49. The predicted molar refractivity (Wildman–Crippen MR) is 106 cm³/mol. The summed E-state index contributed by atoms with van der Waals surface area (Å²) in [6, 6.07) is 13.9. The van der Waals surface area contributed by atoms with Crippen molar-refractivity contribution in [1.29, 1.82) is 0 Å². The molecule has 3 rings (SSSR count). The van der Waals surface area contributed by atoms with Crippen LogP contribution in [0.15, 0.2) is 53.4 Å². The first kappa shape index (κ1) is 19.0. The van der Waals surface area contributed by atoms with Crippen LogP contribution < -0.4 is 10.1 Å². The van der Waals surface area contributed by atoms with Crippen LogP contribution in [0, 0.1) is 0 Å². The monoisotopic (exact) mass is 402 g/mol. The van der Waals surface area contributed by atoms with Crippen LogP contribution in [0.1, 0.15) is 5.56 Å². The normalized spacial score (nSPS) is 15.3. The molecule has 2 aromatic rings. The molecule has 1 N–H and O–H groups in total. The van der Waals surface area contributed by atoms with Crippen molar-refractivity contribution in [3.05, 3.63) is 64.0 Å². The summed E-state index contributed by atoms with van der Waals surface area (Å²) >= 11 is 6.86. The SMILES string of the molecule is COc1ccccc1NC(=O)CN1C(=O)S/C(=C\c2ccccc2Cl)C1=O. The minimum atomic E-state index is -0.528. The minimum Gasteiger partial charge on any atom is -0.495 e. The maximum atomic E-state index is 12.5. The number of nitrogens with one attached hydrogen (secondary N) is 1. The first-order valence-corrected chi connectivity index (χ1v) is 9.12. The molecule has 0 aromatic heterocycles. The van der Waals surface area contributed by atoms with E-state index >= 15 is 0 Å². The number of imide groups is 1. The van der Waals surface area contributed by atoms with Crippen molar-refractivity contribution in [2.24, 2.45) is 0 Å². The zero-order valence-corrected chi connectivity index (χ0v) is 15.8. The van der Waals surface area contributed by atoms with Crippen molar-refractivity contribution in [3.8, 4) is 5.75 Å². The van der Waals surface area contributed by atoms with Gasteiger partial charge < -0.3 is 10.1 Å². The summed E-state index contributed by atoms with van der Waals surface area (Å²) in [6.07, 6.45) is 1.55. The molecule has 8 heteroatoms. The molecular formula is C19H15ClN2O4S. The molecule has 0 saturated carbocycles. The summed E-state index contributed by atoms with van der Waals surface area (Å²) in [6.45, 7) is -0.386. The first-order chi connectivity index (χ1) is 13.0. The average molecular weight is 403 g/mol. The second-order valence-electron chi connectivity index (χ2n) is 5.54. The molecule has 0 radical (unpaired) electrons. The molecule has 6 nitrogen and oxygen atoms in total. The van der Waals surface area contributed by atoms with Gasteiger partial charge >= 0.3 is 0 Å². The van der Waals surface area contributed by atoms with Crippen molar-refractivity contribution < 1.29 is 19.1 Å². The Hall–Kier alpha value is -2.77. The first-order valence-electron chi connectivity index (χ1n) is 7.92. The van der Waals surface area contributed by atoms with Gasteiger partial charge in [0, 0.05) is 5.02 Å². The maximum absolute atomic E-state index is 12.5. The van der Waals surface area contributed by atoms with E-state index in [0.29, 0.717) is 22.0 Å². The molecule has 1 heterocycles. The third-order valence-electron chi connectivity index (χ3n) is 3.75. The number of ether oxygens (including phenoxy) is 1. The number of rotatable bonds is 5. The van der Waals surface area contributed by atoms with Crippen LogP contribution in [0.3, 0.4) is 0 Å². The summed E-state index contributed by atoms with van der Waals surface area (Å²) in [4.78, 5) is 38.1. The number of amides is 3. The Balaban J connectivity index is 1.72. The molecule has 0 aliphatic carbocycles. The Bertz CT molecular complexity index is 945. The molecule has 0 atom stereocenters. The zero-order valence-electron chi connectivity index (χ0n) is 14.3. The van der Waals surface area contributed by atoms with Crippen molar-refractivity contribution in [1.82, 2.24) is 4.90 Å². The third kappa shape index (κ3) is 4.32. The molecule has 0 bridgehead atoms. The molecule has 1 saturated heterocycles. The van der Waals surface area contributed by atoms with Gasteiger partial charge in [-0.15, -0.1) is 0 Å². The number of nitrogens with zero attached hydrogens (tertiary/aromatic N) is 1. The maximum Gasteiger partial charge on any atom is 0.294 e. The van der Waals surface area contributed by atoms with Crippen molar-refractivity contribution in [3.63, 3.8) is 0 Å². The average Bonchev–Trinajstić information content (AvgIpc) is 2.91. The van der Waals surface area contributed by atoms with Crippen LogP contribution in [-0.2, 0) is 9.59 Å². The fraction of sp³-hybridized carbons (Fsp3) is 0.105. The van der Waals surface area contributed by atoms with Crippen molar-refractivity contribution in [2.75, 3.05) is 19.0 Å². The van der Waals surface area contributed by atoms with Crippen LogP contribution in [0.4, 0.5) is 10.5 Å². The highest BCUT2D eigenvalue weighted by atomic mass is 35.5. The molecular weight excluding hydrogens is 388 g/mol. The van der Waals surface area contributed by atoms with Gasteiger partial charge in [-0.2, -0.15) is 0 Å². The highest BCUT2D eigenvalue weighted by molar-refractivity contribution is 8.18. The second kappa shape index (κ2) is 8.28. The van der Waals surface area contributed by atoms with Gasteiger partial charge in [-0.25, -0.2) is 0 Å². The lowest BCUT2D eigenvalue weighted by Crippen LogP contribution is -2.36. The summed E-state index contributed by atoms with van der Waals surface area (Å²) < 4.78 is 5.17. The molecule has 1 aliphatic rings. The molecule has 138 valence electrons. The number of para-hydroxylation sites is 2. The van der Waals surface area contributed by atoms with E-state index in [9.17, 15) is 14.4 Å². The number of benzene rings is 2. The van der Waals surface area contributed by atoms with E-state index in [1.54, 1.807) is 54.6 Å². The number of halogens is 1. The fourth-order valence-electron chi connectivity index (χ4n) is 2.45. The van der Waals surface area contributed by atoms with Gasteiger partial charge in [0.25, 0.3) is 11.1 Å². The Kier molecular flexibility index (Phi) is 5.83. The number of anilines is 1. The molecule has 1 fully saturated rings. The van der Waals surface area contributed by atoms with Crippen LogP contribution >= 0.6 is 23.4 Å². The number of carbonyl (C=O) groups is 3. The molecule has 2 aromatic carbocycles. The molecule has 1 aliphatic heterocycles. The lowest BCUT2D eigenvalue weighted by Gasteiger charge is -2.14. The smallest absolute Gasteiger partial charge is 0.294 e. The third-order valence-corrected chi connectivity index (χ3v) is 5.00. The van der Waals surface area contributed by atoms with E-state index in [2.05, 4.69) is 5.32 Å². The molecule has 0 unspecified atom stereocenters. The quantitative estimate of drug-likeness (QED) is 0.764. The second-order valence-corrected chi connectivity index (χ2v) is 6.94. The van der Waals surface area contributed by atoms with Gasteiger partial charge in [-0.05, 0) is 41.6 Å². The van der Waals surface area contributed by atoms with Gasteiger partial charge in [0.1, 0.15) is 12.3 Å². The van der Waals surface area contributed by atoms with E-state index in [4.69, 9.17) is 16.3 Å². The molecule has 27 heavy (non-hydrogen) atoms. The predicted octanol–water partition coefficient (Wildman–Crippen LogP) is 4.02. The zero-order chi connectivity index (χ0) is 19.4. The topological polar surface area (TPSA) is 75.7 Å². The summed E-state index contributed by atoms with van der Waals surface area (Å²) in [5, 5.41) is 2.61. The molecule has 0 spiro atoms. The highest BCUT2D eigenvalue weighted by Gasteiger charge is 2.36. The minimum absolute atomic E-state index is 0.221. The number of hydrogen-bond acceptors (Lipinski definition) is 5. The van der Waals surface area contributed by atoms with Crippen LogP contribution in [0.5, 0.6) is 5.75 Å². The van der Waals surface area contributed by atoms with Crippen molar-refractivity contribution in [2.45, 2.75) is 0 Å². The molecule has 3 amide bonds. The standard InChI is InChI=1S/C19H15ClN2O4S/c1-26-15-9-5-4-8-14(15)21-17(23)11-22-18(24)16(27-19(22)25)10-12-6-2-3-7-13(12)20/h2-10H,11H2,1H3,(H,21,23)/b16-10-.